The third-order valence-corrected chi connectivity index (χ3v) is 4.55. The topological polar surface area (TPSA) is 61.0 Å². The van der Waals surface area contributed by atoms with E-state index in [1.165, 1.54) is 32.1 Å². The number of carbonyl (C=O) groups is 1. The number of hydrogen-bond donors (Lipinski definition) is 2. The number of aryl methyl sites for hydroxylation is 1. The van der Waals surface area contributed by atoms with E-state index >= 15 is 0 Å². The minimum absolute atomic E-state index is 0.0704. The van der Waals surface area contributed by atoms with Gasteiger partial charge in [0.1, 0.15) is 5.69 Å². The van der Waals surface area contributed by atoms with Gasteiger partial charge in [0.15, 0.2) is 0 Å². The number of aromatic amines is 1. The predicted molar refractivity (Wildman–Crippen MR) is 89.0 cm³/mol. The summed E-state index contributed by atoms with van der Waals surface area (Å²) >= 11 is 0. The molecule has 0 aliphatic heterocycles. The summed E-state index contributed by atoms with van der Waals surface area (Å²) in [6.45, 7) is 3.88. The van der Waals surface area contributed by atoms with Crippen LogP contribution in [0.1, 0.15) is 68.1 Å². The van der Waals surface area contributed by atoms with E-state index in [0.717, 1.165) is 37.5 Å². The summed E-state index contributed by atoms with van der Waals surface area (Å²) in [5, 5.41) is 9.96. The van der Waals surface area contributed by atoms with Crippen LogP contribution in [0.15, 0.2) is 6.07 Å². The van der Waals surface area contributed by atoms with Gasteiger partial charge < -0.3 is 10.2 Å². The van der Waals surface area contributed by atoms with Crippen molar-refractivity contribution in [2.75, 3.05) is 20.1 Å². The van der Waals surface area contributed by atoms with Crippen LogP contribution in [0.4, 0.5) is 0 Å². The zero-order chi connectivity index (χ0) is 15.8. The summed E-state index contributed by atoms with van der Waals surface area (Å²) in [6.07, 6.45) is 9.76. The second-order valence-corrected chi connectivity index (χ2v) is 6.41. The first kappa shape index (κ1) is 17.0. The van der Waals surface area contributed by atoms with Crippen molar-refractivity contribution in [3.05, 3.63) is 17.5 Å². The van der Waals surface area contributed by atoms with Crippen LogP contribution in [-0.4, -0.2) is 47.2 Å². The van der Waals surface area contributed by atoms with Gasteiger partial charge in [-0.15, -0.1) is 0 Å². The highest BCUT2D eigenvalue weighted by Gasteiger charge is 2.17. The summed E-state index contributed by atoms with van der Waals surface area (Å²) in [5.41, 5.74) is 1.54. The minimum atomic E-state index is -0.0704. The summed E-state index contributed by atoms with van der Waals surface area (Å²) in [7, 11) is 2.21. The Hall–Kier alpha value is -1.36. The molecule has 22 heavy (non-hydrogen) atoms. The van der Waals surface area contributed by atoms with Crippen molar-refractivity contribution in [3.63, 3.8) is 0 Å². The Morgan fingerprint density at radius 1 is 1.41 bits per heavy atom. The third kappa shape index (κ3) is 5.13. The zero-order valence-electron chi connectivity index (χ0n) is 14.0. The molecule has 5 nitrogen and oxygen atoms in total. The fourth-order valence-electron chi connectivity index (χ4n) is 3.20. The highest BCUT2D eigenvalue weighted by atomic mass is 16.1. The van der Waals surface area contributed by atoms with Crippen LogP contribution >= 0.6 is 0 Å². The van der Waals surface area contributed by atoms with E-state index in [0.29, 0.717) is 12.2 Å². The molecule has 124 valence electrons. The number of nitrogens with zero attached hydrogens (tertiary/aromatic N) is 2. The van der Waals surface area contributed by atoms with Crippen molar-refractivity contribution in [1.82, 2.24) is 20.4 Å². The van der Waals surface area contributed by atoms with Crippen LogP contribution in [0.2, 0.25) is 0 Å². The molecule has 0 saturated heterocycles. The predicted octanol–water partition coefficient (Wildman–Crippen LogP) is 2.75. The highest BCUT2D eigenvalue weighted by Crippen LogP contribution is 2.21. The molecule has 0 radical (unpaired) electrons. The van der Waals surface area contributed by atoms with Crippen molar-refractivity contribution < 1.29 is 4.79 Å². The standard InChI is InChI=1S/C17H30N4O/c1-3-8-14-13-16(20-19-14)17(22)18-11-7-12-21(2)15-9-5-4-6-10-15/h13,15H,3-12H2,1-2H3,(H,18,22)(H,19,20). The molecule has 0 atom stereocenters. The van der Waals surface area contributed by atoms with Gasteiger partial charge in [-0.05, 0) is 45.3 Å². The Balaban J connectivity index is 1.63. The van der Waals surface area contributed by atoms with E-state index in [1.54, 1.807) is 0 Å². The van der Waals surface area contributed by atoms with E-state index in [9.17, 15) is 4.79 Å². The minimum Gasteiger partial charge on any atom is -0.351 e. The van der Waals surface area contributed by atoms with Gasteiger partial charge in [-0.3, -0.25) is 9.89 Å². The average molecular weight is 306 g/mol. The average Bonchev–Trinajstić information content (AvgIpc) is 3.01. The number of H-pyrrole nitrogens is 1. The van der Waals surface area contributed by atoms with Crippen molar-refractivity contribution in [2.24, 2.45) is 0 Å². The van der Waals surface area contributed by atoms with Gasteiger partial charge >= 0.3 is 0 Å². The fraction of sp³-hybridized carbons (Fsp3) is 0.765. The maximum Gasteiger partial charge on any atom is 0.271 e. The van der Waals surface area contributed by atoms with Gasteiger partial charge in [-0.2, -0.15) is 5.10 Å². The monoisotopic (exact) mass is 306 g/mol. The fourth-order valence-corrected chi connectivity index (χ4v) is 3.20. The number of hydrogen-bond acceptors (Lipinski definition) is 3. The molecule has 1 saturated carbocycles. The van der Waals surface area contributed by atoms with Crippen LogP contribution in [-0.2, 0) is 6.42 Å². The molecule has 0 aromatic carbocycles. The van der Waals surface area contributed by atoms with Crippen LogP contribution < -0.4 is 5.32 Å². The van der Waals surface area contributed by atoms with Gasteiger partial charge in [-0.25, -0.2) is 0 Å². The lowest BCUT2D eigenvalue weighted by Gasteiger charge is -2.31. The van der Waals surface area contributed by atoms with Crippen LogP contribution in [0.25, 0.3) is 0 Å². The molecule has 1 aromatic heterocycles. The van der Waals surface area contributed by atoms with Gasteiger partial charge in [0.25, 0.3) is 5.91 Å². The zero-order valence-corrected chi connectivity index (χ0v) is 14.0. The number of carbonyl (C=O) groups excluding carboxylic acids is 1. The largest absolute Gasteiger partial charge is 0.351 e. The van der Waals surface area contributed by atoms with Gasteiger partial charge in [-0.1, -0.05) is 32.6 Å². The van der Waals surface area contributed by atoms with E-state index in [1.807, 2.05) is 6.07 Å². The molecule has 2 rings (SSSR count). The highest BCUT2D eigenvalue weighted by molar-refractivity contribution is 5.92. The first-order valence-corrected chi connectivity index (χ1v) is 8.73. The Labute approximate surface area is 133 Å². The molecule has 1 aromatic rings. The van der Waals surface area contributed by atoms with Gasteiger partial charge in [0, 0.05) is 18.3 Å². The molecule has 5 heteroatoms. The summed E-state index contributed by atoms with van der Waals surface area (Å²) in [6, 6.07) is 2.60. The van der Waals surface area contributed by atoms with E-state index < -0.39 is 0 Å². The van der Waals surface area contributed by atoms with Crippen molar-refractivity contribution in [2.45, 2.75) is 64.3 Å². The number of amides is 1. The van der Waals surface area contributed by atoms with E-state index in [4.69, 9.17) is 0 Å². The lowest BCUT2D eigenvalue weighted by atomic mass is 9.94. The normalized spacial score (nSPS) is 16.1. The second-order valence-electron chi connectivity index (χ2n) is 6.41. The van der Waals surface area contributed by atoms with E-state index in [-0.39, 0.29) is 5.91 Å². The molecule has 2 N–H and O–H groups in total. The Kier molecular flexibility index (Phi) is 6.90. The second kappa shape index (κ2) is 8.93. The van der Waals surface area contributed by atoms with Gasteiger partial charge in [0.05, 0.1) is 0 Å². The van der Waals surface area contributed by atoms with Crippen LogP contribution in [0.3, 0.4) is 0 Å². The molecule has 1 heterocycles. The summed E-state index contributed by atoms with van der Waals surface area (Å²) < 4.78 is 0. The first-order valence-electron chi connectivity index (χ1n) is 8.73. The maximum atomic E-state index is 12.0. The molecular formula is C17H30N4O. The summed E-state index contributed by atoms with van der Waals surface area (Å²) in [4.78, 5) is 14.5. The molecule has 1 aliphatic rings. The maximum absolute atomic E-state index is 12.0. The third-order valence-electron chi connectivity index (χ3n) is 4.55. The van der Waals surface area contributed by atoms with Crippen molar-refractivity contribution >= 4 is 5.91 Å². The van der Waals surface area contributed by atoms with Gasteiger partial charge in [0.2, 0.25) is 0 Å². The Morgan fingerprint density at radius 3 is 2.91 bits per heavy atom. The molecule has 1 amide bonds. The number of aromatic nitrogens is 2. The smallest absolute Gasteiger partial charge is 0.271 e. The Bertz CT molecular complexity index is 451. The molecular weight excluding hydrogens is 276 g/mol. The lowest BCUT2D eigenvalue weighted by Crippen LogP contribution is -2.35. The first-order chi connectivity index (χ1) is 10.7. The van der Waals surface area contributed by atoms with Crippen molar-refractivity contribution in [3.8, 4) is 0 Å². The molecule has 1 aliphatic carbocycles. The molecule has 0 spiro atoms. The molecule has 0 unspecified atom stereocenters. The quantitative estimate of drug-likeness (QED) is 0.726. The molecule has 0 bridgehead atoms. The van der Waals surface area contributed by atoms with Crippen LogP contribution in [0.5, 0.6) is 0 Å². The Morgan fingerprint density at radius 2 is 2.18 bits per heavy atom. The summed E-state index contributed by atoms with van der Waals surface area (Å²) in [5.74, 6) is -0.0704. The lowest BCUT2D eigenvalue weighted by molar-refractivity contribution is 0.0945. The van der Waals surface area contributed by atoms with Crippen molar-refractivity contribution in [1.29, 1.82) is 0 Å². The van der Waals surface area contributed by atoms with E-state index in [2.05, 4.69) is 34.4 Å². The number of rotatable bonds is 8. The SMILES string of the molecule is CCCc1cc(C(=O)NCCCN(C)C2CCCCC2)n[nH]1. The van der Waals surface area contributed by atoms with Crippen LogP contribution in [0, 0.1) is 0 Å². The molecule has 1 fully saturated rings. The number of nitrogens with one attached hydrogen (secondary N) is 2.